The van der Waals surface area contributed by atoms with Gasteiger partial charge < -0.3 is 4.57 Å². The minimum atomic E-state index is 0.244. The van der Waals surface area contributed by atoms with Gasteiger partial charge in [-0.1, -0.05) is 33.9 Å². The molecule has 0 aliphatic carbocycles. The van der Waals surface area contributed by atoms with E-state index in [1.807, 2.05) is 23.9 Å². The summed E-state index contributed by atoms with van der Waals surface area (Å²) < 4.78 is 2.02. The van der Waals surface area contributed by atoms with Crippen molar-refractivity contribution in [2.24, 2.45) is 5.41 Å². The minimum absolute atomic E-state index is 0.244. The van der Waals surface area contributed by atoms with Gasteiger partial charge in [-0.2, -0.15) is 0 Å². The number of aromatic nitrogens is 2. The lowest BCUT2D eigenvalue weighted by molar-refractivity contribution is 0.421. The van der Waals surface area contributed by atoms with E-state index in [0.717, 1.165) is 23.5 Å². The second-order valence-electron chi connectivity index (χ2n) is 5.09. The van der Waals surface area contributed by atoms with Crippen LogP contribution in [0, 0.1) is 12.3 Å². The summed E-state index contributed by atoms with van der Waals surface area (Å²) in [5.41, 5.74) is 3.36. The summed E-state index contributed by atoms with van der Waals surface area (Å²) in [4.78, 5) is 4.27. The SMILES string of the molecule is C=Cc1c(C)ncn1C(=C)CC(C)(C)C. The molecule has 2 heteroatoms. The van der Waals surface area contributed by atoms with Crippen molar-refractivity contribution in [1.82, 2.24) is 9.55 Å². The van der Waals surface area contributed by atoms with Crippen LogP contribution >= 0.6 is 0 Å². The molecule has 0 amide bonds. The Hall–Kier alpha value is -1.31. The van der Waals surface area contributed by atoms with Gasteiger partial charge in [0.25, 0.3) is 0 Å². The standard InChI is InChI=1S/C13H20N2/c1-7-12-11(3)14-9-15(12)10(2)8-13(4,5)6/h7,9H,1-2,8H2,3-6H3. The first-order valence-corrected chi connectivity index (χ1v) is 5.19. The van der Waals surface area contributed by atoms with Crippen molar-refractivity contribution >= 4 is 11.8 Å². The average molecular weight is 204 g/mol. The monoisotopic (exact) mass is 204 g/mol. The highest BCUT2D eigenvalue weighted by Gasteiger charge is 2.15. The summed E-state index contributed by atoms with van der Waals surface area (Å²) in [7, 11) is 0. The highest BCUT2D eigenvalue weighted by atomic mass is 15.1. The number of imidazole rings is 1. The minimum Gasteiger partial charge on any atom is -0.304 e. The van der Waals surface area contributed by atoms with Crippen LogP contribution in [-0.2, 0) is 0 Å². The van der Waals surface area contributed by atoms with E-state index >= 15 is 0 Å². The fourth-order valence-corrected chi connectivity index (χ4v) is 1.64. The quantitative estimate of drug-likeness (QED) is 0.733. The molecule has 1 aromatic rings. The Morgan fingerprint density at radius 1 is 1.53 bits per heavy atom. The predicted octanol–water partition coefficient (Wildman–Crippen LogP) is 3.74. The van der Waals surface area contributed by atoms with E-state index in [1.54, 1.807) is 0 Å². The van der Waals surface area contributed by atoms with E-state index in [2.05, 4.69) is 38.9 Å². The molecule has 0 fully saturated rings. The van der Waals surface area contributed by atoms with E-state index in [0.29, 0.717) is 0 Å². The Labute approximate surface area is 92.3 Å². The van der Waals surface area contributed by atoms with Gasteiger partial charge in [0.2, 0.25) is 0 Å². The molecule has 0 atom stereocenters. The Morgan fingerprint density at radius 3 is 2.60 bits per heavy atom. The van der Waals surface area contributed by atoms with E-state index in [-0.39, 0.29) is 5.41 Å². The third-order valence-corrected chi connectivity index (χ3v) is 2.27. The number of nitrogens with zero attached hydrogens (tertiary/aromatic N) is 2. The van der Waals surface area contributed by atoms with Crippen LogP contribution in [0.5, 0.6) is 0 Å². The van der Waals surface area contributed by atoms with Crippen molar-refractivity contribution < 1.29 is 0 Å². The van der Waals surface area contributed by atoms with Crippen LogP contribution in [-0.4, -0.2) is 9.55 Å². The summed E-state index contributed by atoms with van der Waals surface area (Å²) in [5, 5.41) is 0. The molecular formula is C13H20N2. The Morgan fingerprint density at radius 2 is 2.13 bits per heavy atom. The second kappa shape index (κ2) is 4.05. The van der Waals surface area contributed by atoms with E-state index < -0.39 is 0 Å². The van der Waals surface area contributed by atoms with E-state index in [4.69, 9.17) is 0 Å². The second-order valence-corrected chi connectivity index (χ2v) is 5.09. The van der Waals surface area contributed by atoms with Gasteiger partial charge >= 0.3 is 0 Å². The summed E-state index contributed by atoms with van der Waals surface area (Å²) in [6, 6.07) is 0. The smallest absolute Gasteiger partial charge is 0.0997 e. The molecule has 0 saturated carbocycles. The highest BCUT2D eigenvalue weighted by molar-refractivity contribution is 5.54. The fourth-order valence-electron chi connectivity index (χ4n) is 1.64. The molecular weight excluding hydrogens is 184 g/mol. The van der Waals surface area contributed by atoms with Gasteiger partial charge in [-0.05, 0) is 24.8 Å². The first kappa shape index (κ1) is 11.8. The largest absolute Gasteiger partial charge is 0.304 e. The van der Waals surface area contributed by atoms with Gasteiger partial charge in [-0.15, -0.1) is 0 Å². The van der Waals surface area contributed by atoms with Gasteiger partial charge in [0.1, 0.15) is 0 Å². The molecule has 0 unspecified atom stereocenters. The molecule has 0 bridgehead atoms. The van der Waals surface area contributed by atoms with Crippen LogP contribution in [0.15, 0.2) is 19.5 Å². The molecule has 1 rings (SSSR count). The summed E-state index contributed by atoms with van der Waals surface area (Å²) in [6.07, 6.45) is 4.60. The first-order valence-electron chi connectivity index (χ1n) is 5.19. The first-order chi connectivity index (χ1) is 6.85. The van der Waals surface area contributed by atoms with Gasteiger partial charge in [-0.3, -0.25) is 0 Å². The van der Waals surface area contributed by atoms with Crippen LogP contribution in [0.25, 0.3) is 11.8 Å². The Kier molecular flexibility index (Phi) is 3.18. The zero-order valence-electron chi connectivity index (χ0n) is 10.2. The molecule has 0 radical (unpaired) electrons. The predicted molar refractivity (Wildman–Crippen MR) is 66.5 cm³/mol. The molecule has 0 spiro atoms. The van der Waals surface area contributed by atoms with Gasteiger partial charge in [0, 0.05) is 5.70 Å². The molecule has 1 aromatic heterocycles. The van der Waals surface area contributed by atoms with Crippen LogP contribution in [0.2, 0.25) is 0 Å². The fraction of sp³-hybridized carbons (Fsp3) is 0.462. The third-order valence-electron chi connectivity index (χ3n) is 2.27. The van der Waals surface area contributed by atoms with Crippen LogP contribution in [0.1, 0.15) is 38.6 Å². The molecule has 0 aromatic carbocycles. The molecule has 0 saturated heterocycles. The maximum atomic E-state index is 4.27. The van der Waals surface area contributed by atoms with Gasteiger partial charge in [-0.25, -0.2) is 4.98 Å². The highest BCUT2D eigenvalue weighted by Crippen LogP contribution is 2.27. The van der Waals surface area contributed by atoms with Crippen molar-refractivity contribution in [2.45, 2.75) is 34.1 Å². The zero-order chi connectivity index (χ0) is 11.6. The summed E-state index contributed by atoms with van der Waals surface area (Å²) in [5.74, 6) is 0. The molecule has 0 aliphatic rings. The van der Waals surface area contributed by atoms with Crippen molar-refractivity contribution in [3.63, 3.8) is 0 Å². The maximum Gasteiger partial charge on any atom is 0.0997 e. The van der Waals surface area contributed by atoms with E-state index in [1.165, 1.54) is 0 Å². The molecule has 0 aliphatic heterocycles. The molecule has 0 N–H and O–H groups in total. The average Bonchev–Trinajstić information content (AvgIpc) is 2.43. The topological polar surface area (TPSA) is 17.8 Å². The number of hydrogen-bond acceptors (Lipinski definition) is 1. The normalized spacial score (nSPS) is 11.5. The number of hydrogen-bond donors (Lipinski definition) is 0. The number of rotatable bonds is 3. The van der Waals surface area contributed by atoms with Gasteiger partial charge in [0.15, 0.2) is 0 Å². The van der Waals surface area contributed by atoms with Crippen molar-refractivity contribution in [2.75, 3.05) is 0 Å². The van der Waals surface area contributed by atoms with Crippen LogP contribution in [0.4, 0.5) is 0 Å². The molecule has 15 heavy (non-hydrogen) atoms. The molecule has 2 nitrogen and oxygen atoms in total. The lowest BCUT2D eigenvalue weighted by Gasteiger charge is -2.20. The number of aryl methyl sites for hydroxylation is 1. The Balaban J connectivity index is 2.97. The van der Waals surface area contributed by atoms with Gasteiger partial charge in [0.05, 0.1) is 17.7 Å². The third kappa shape index (κ3) is 2.82. The molecule has 82 valence electrons. The van der Waals surface area contributed by atoms with E-state index in [9.17, 15) is 0 Å². The zero-order valence-corrected chi connectivity index (χ0v) is 10.2. The Bertz CT molecular complexity index is 378. The van der Waals surface area contributed by atoms with Crippen LogP contribution in [0.3, 0.4) is 0 Å². The van der Waals surface area contributed by atoms with Crippen LogP contribution < -0.4 is 0 Å². The lowest BCUT2D eigenvalue weighted by atomic mass is 9.91. The van der Waals surface area contributed by atoms with Crippen molar-refractivity contribution in [1.29, 1.82) is 0 Å². The van der Waals surface area contributed by atoms with Crippen molar-refractivity contribution in [3.8, 4) is 0 Å². The summed E-state index contributed by atoms with van der Waals surface area (Å²) >= 11 is 0. The molecule has 1 heterocycles. The lowest BCUT2D eigenvalue weighted by Crippen LogP contribution is -2.09. The maximum absolute atomic E-state index is 4.27. The summed E-state index contributed by atoms with van der Waals surface area (Å²) in [6.45, 7) is 16.5. The number of allylic oxidation sites excluding steroid dienone is 1. The van der Waals surface area contributed by atoms with Crippen molar-refractivity contribution in [3.05, 3.63) is 30.9 Å².